The van der Waals surface area contributed by atoms with Gasteiger partial charge in [0.1, 0.15) is 9.83 Å². The van der Waals surface area contributed by atoms with E-state index in [1.54, 1.807) is 21.3 Å². The lowest BCUT2D eigenvalue weighted by Gasteiger charge is -2.13. The van der Waals surface area contributed by atoms with E-state index in [-0.39, 0.29) is 0 Å². The van der Waals surface area contributed by atoms with Gasteiger partial charge in [-0.1, -0.05) is 0 Å². The number of benzene rings is 1. The van der Waals surface area contributed by atoms with Gasteiger partial charge in [-0.3, -0.25) is 0 Å². The minimum absolute atomic E-state index is 0.651. The van der Waals surface area contributed by atoms with Gasteiger partial charge in [-0.2, -0.15) is 0 Å². The van der Waals surface area contributed by atoms with Gasteiger partial charge in [-0.25, -0.2) is 4.21 Å². The summed E-state index contributed by atoms with van der Waals surface area (Å²) in [7, 11) is 6.70. The molecule has 0 aliphatic carbocycles. The summed E-state index contributed by atoms with van der Waals surface area (Å²) in [5.74, 6) is 1.30. The molecule has 4 nitrogen and oxygen atoms in total. The average Bonchev–Trinajstić information content (AvgIpc) is 2.69. The van der Waals surface area contributed by atoms with Crippen LogP contribution < -0.4 is 14.8 Å². The van der Waals surface area contributed by atoms with E-state index >= 15 is 0 Å². The molecule has 1 aromatic carbocycles. The number of hydrogen-bond acceptors (Lipinski definition) is 6. The highest BCUT2D eigenvalue weighted by molar-refractivity contribution is 9.06. The fourth-order valence-corrected chi connectivity index (χ4v) is 6.74. The van der Waals surface area contributed by atoms with Crippen LogP contribution in [0, 0.1) is 0 Å². The van der Waals surface area contributed by atoms with Crippen molar-refractivity contribution >= 4 is 36.1 Å². The van der Waals surface area contributed by atoms with Crippen LogP contribution in [-0.4, -0.2) is 25.5 Å². The number of fused-ring (bicyclic) bond motifs is 1. The van der Waals surface area contributed by atoms with Crippen LogP contribution in [0.2, 0.25) is 0 Å². The van der Waals surface area contributed by atoms with Gasteiger partial charge < -0.3 is 14.8 Å². The van der Waals surface area contributed by atoms with Gasteiger partial charge in [0.05, 0.1) is 29.7 Å². The van der Waals surface area contributed by atoms with Crippen LogP contribution in [0.15, 0.2) is 15.9 Å². The molecule has 16 heavy (non-hydrogen) atoms. The topological polar surface area (TPSA) is 47.6 Å². The van der Waals surface area contributed by atoms with Gasteiger partial charge in [-0.15, -0.1) is 0 Å². The highest BCUT2D eigenvalue weighted by Crippen LogP contribution is 2.57. The van der Waals surface area contributed by atoms with Crippen molar-refractivity contribution in [2.75, 3.05) is 26.6 Å². The predicted molar refractivity (Wildman–Crippen MR) is 68.9 cm³/mol. The van der Waals surface area contributed by atoms with Crippen molar-refractivity contribution < 1.29 is 13.7 Å². The van der Waals surface area contributed by atoms with Crippen molar-refractivity contribution in [3.8, 4) is 11.5 Å². The van der Waals surface area contributed by atoms with E-state index in [1.807, 2.05) is 6.07 Å². The second kappa shape index (κ2) is 4.77. The summed E-state index contributed by atoms with van der Waals surface area (Å²) in [5, 5.41) is 3.03. The molecule has 1 unspecified atom stereocenters. The van der Waals surface area contributed by atoms with Crippen molar-refractivity contribution in [2.24, 2.45) is 0 Å². The van der Waals surface area contributed by atoms with Crippen LogP contribution >= 0.6 is 20.6 Å². The average molecular weight is 277 g/mol. The summed E-state index contributed by atoms with van der Waals surface area (Å²) < 4.78 is 22.4. The Morgan fingerprint density at radius 3 is 2.69 bits per heavy atom. The second-order valence-electron chi connectivity index (χ2n) is 2.95. The van der Waals surface area contributed by atoms with Gasteiger partial charge in [0.25, 0.3) is 0 Å². The molecule has 0 bridgehead atoms. The van der Waals surface area contributed by atoms with Gasteiger partial charge in [0.15, 0.2) is 11.5 Å². The number of rotatable bonds is 3. The summed E-state index contributed by atoms with van der Waals surface area (Å²) in [5.41, 5.74) is 0.823. The largest absolute Gasteiger partial charge is 0.493 e. The Labute approximate surface area is 104 Å². The lowest BCUT2D eigenvalue weighted by Crippen LogP contribution is -1.99. The summed E-state index contributed by atoms with van der Waals surface area (Å²) in [6.45, 7) is 0. The third-order valence-electron chi connectivity index (χ3n) is 2.20. The molecule has 0 amide bonds. The van der Waals surface area contributed by atoms with E-state index in [0.717, 1.165) is 15.5 Å². The first kappa shape index (κ1) is 11.9. The first-order chi connectivity index (χ1) is 7.72. The number of hydrogen-bond donors (Lipinski definition) is 1. The Kier molecular flexibility index (Phi) is 3.56. The highest BCUT2D eigenvalue weighted by Gasteiger charge is 2.30. The molecule has 2 rings (SSSR count). The minimum atomic E-state index is -1.05. The molecular weight excluding hydrogens is 266 g/mol. The molecule has 0 spiro atoms. The number of methoxy groups -OCH3 is 2. The molecule has 7 heteroatoms. The maximum Gasteiger partial charge on any atom is 0.176 e. The molecule has 88 valence electrons. The first-order valence-corrected chi connectivity index (χ1v) is 8.28. The summed E-state index contributed by atoms with van der Waals surface area (Å²) in [4.78, 5) is 1.67. The van der Waals surface area contributed by atoms with Crippen molar-refractivity contribution in [1.29, 1.82) is 0 Å². The second-order valence-corrected chi connectivity index (χ2v) is 7.58. The molecule has 0 saturated heterocycles. The van der Waals surface area contributed by atoms with Crippen molar-refractivity contribution in [3.05, 3.63) is 6.07 Å². The minimum Gasteiger partial charge on any atom is -0.493 e. The van der Waals surface area contributed by atoms with Gasteiger partial charge in [0, 0.05) is 22.9 Å². The number of anilines is 1. The summed E-state index contributed by atoms with van der Waals surface area (Å²) in [6.07, 6.45) is 0. The van der Waals surface area contributed by atoms with Crippen LogP contribution in [0.5, 0.6) is 11.5 Å². The lowest BCUT2D eigenvalue weighted by molar-refractivity contribution is 0.346. The Balaban J connectivity index is 2.69. The fourth-order valence-electron chi connectivity index (χ4n) is 1.47. The van der Waals surface area contributed by atoms with Gasteiger partial charge >= 0.3 is 0 Å². The molecule has 0 saturated carbocycles. The van der Waals surface area contributed by atoms with Crippen molar-refractivity contribution in [3.63, 3.8) is 0 Å². The van der Waals surface area contributed by atoms with Gasteiger partial charge in [-0.05, 0) is 10.8 Å². The van der Waals surface area contributed by atoms with Crippen LogP contribution in [-0.2, 0) is 9.83 Å². The van der Waals surface area contributed by atoms with Crippen molar-refractivity contribution in [2.45, 2.75) is 9.79 Å². The number of nitrogens with one attached hydrogen (secondary N) is 1. The SMILES string of the molecule is CNc1cc(OC)c(OC)c2c1S(=O)SS2. The summed E-state index contributed by atoms with van der Waals surface area (Å²) >= 11 is 0. The number of ether oxygens (including phenoxy) is 2. The molecule has 1 atom stereocenters. The third kappa shape index (κ3) is 1.76. The normalized spacial score (nSPS) is 18.1. The maximum atomic E-state index is 11.8. The lowest BCUT2D eigenvalue weighted by atomic mass is 10.2. The van der Waals surface area contributed by atoms with E-state index in [1.165, 1.54) is 20.6 Å². The van der Waals surface area contributed by atoms with E-state index in [9.17, 15) is 4.21 Å². The van der Waals surface area contributed by atoms with E-state index in [0.29, 0.717) is 11.5 Å². The third-order valence-corrected chi connectivity index (χ3v) is 7.13. The molecule has 0 fully saturated rings. The molecule has 0 radical (unpaired) electrons. The van der Waals surface area contributed by atoms with Crippen LogP contribution in [0.25, 0.3) is 0 Å². The quantitative estimate of drug-likeness (QED) is 0.857. The maximum absolute atomic E-state index is 11.8. The Morgan fingerprint density at radius 2 is 2.12 bits per heavy atom. The molecule has 1 heterocycles. The van der Waals surface area contributed by atoms with Crippen LogP contribution in [0.3, 0.4) is 0 Å². The molecule has 1 aromatic rings. The van der Waals surface area contributed by atoms with E-state index < -0.39 is 9.83 Å². The molecule has 0 aromatic heterocycles. The smallest absolute Gasteiger partial charge is 0.176 e. The standard InChI is InChI=1S/C9H11NO3S3/c1-10-5-4-6(12-2)7(13-3)8-9(5)16(11)15-14-8/h4,10H,1-3H3. The zero-order chi connectivity index (χ0) is 11.7. The highest BCUT2D eigenvalue weighted by atomic mass is 33.5. The molecule has 1 aliphatic heterocycles. The monoisotopic (exact) mass is 277 g/mol. The van der Waals surface area contributed by atoms with Gasteiger partial charge in [0.2, 0.25) is 0 Å². The molecular formula is C9H11NO3S3. The van der Waals surface area contributed by atoms with Crippen molar-refractivity contribution in [1.82, 2.24) is 0 Å². The fraction of sp³-hybridized carbons (Fsp3) is 0.333. The van der Waals surface area contributed by atoms with Crippen LogP contribution in [0.4, 0.5) is 5.69 Å². The van der Waals surface area contributed by atoms with E-state index in [2.05, 4.69) is 5.32 Å². The Bertz CT molecular complexity index is 450. The molecule has 1 aliphatic rings. The first-order valence-electron chi connectivity index (χ1n) is 4.46. The summed E-state index contributed by atoms with van der Waals surface area (Å²) in [6, 6.07) is 1.81. The zero-order valence-corrected chi connectivity index (χ0v) is 11.5. The van der Waals surface area contributed by atoms with E-state index in [4.69, 9.17) is 9.47 Å². The predicted octanol–water partition coefficient (Wildman–Crippen LogP) is 2.52. The Morgan fingerprint density at radius 1 is 1.38 bits per heavy atom. The zero-order valence-electron chi connectivity index (χ0n) is 9.03. The molecule has 1 N–H and O–H groups in total. The van der Waals surface area contributed by atoms with Crippen LogP contribution in [0.1, 0.15) is 0 Å². The Hall–Kier alpha value is -0.530.